The van der Waals surface area contributed by atoms with Crippen LogP contribution in [0.3, 0.4) is 0 Å². The van der Waals surface area contributed by atoms with Gasteiger partial charge < -0.3 is 4.74 Å². The minimum absolute atomic E-state index is 0. The fraction of sp³-hybridized carbons (Fsp3) is 0.682. The van der Waals surface area contributed by atoms with Crippen LogP contribution in [0.2, 0.25) is 0 Å². The van der Waals surface area contributed by atoms with Gasteiger partial charge in [0.2, 0.25) is 0 Å². The van der Waals surface area contributed by atoms with Gasteiger partial charge in [0, 0.05) is 20.6 Å². The molecule has 3 aliphatic rings. The van der Waals surface area contributed by atoms with E-state index in [2.05, 4.69) is 13.8 Å². The summed E-state index contributed by atoms with van der Waals surface area (Å²) in [5.74, 6) is 0.610. The van der Waals surface area contributed by atoms with Crippen molar-refractivity contribution in [2.75, 3.05) is 19.7 Å². The molecule has 168 valence electrons. The second-order valence-electron chi connectivity index (χ2n) is 9.19. The zero-order chi connectivity index (χ0) is 21.5. The number of nitrogens with zero attached hydrogens (tertiary/aromatic N) is 1. The van der Waals surface area contributed by atoms with Gasteiger partial charge in [0.05, 0.1) is 12.2 Å². The molecule has 6 nitrogen and oxygen atoms in total. The van der Waals surface area contributed by atoms with Gasteiger partial charge >= 0.3 is 10.2 Å². The summed E-state index contributed by atoms with van der Waals surface area (Å²) in [5, 5.41) is 0. The molecule has 0 bridgehead atoms. The number of hydrogen-bond acceptors (Lipinski definition) is 4. The molecule has 1 saturated heterocycles. The zero-order valence-electron chi connectivity index (χ0n) is 17.7. The van der Waals surface area contributed by atoms with E-state index in [1.165, 1.54) is 35.7 Å². The number of benzene rings is 1. The van der Waals surface area contributed by atoms with Crippen LogP contribution in [-0.4, -0.2) is 38.3 Å². The van der Waals surface area contributed by atoms with Crippen LogP contribution in [-0.2, 0) is 10.2 Å². The average Bonchev–Trinajstić information content (AvgIpc) is 3.43. The van der Waals surface area contributed by atoms with Gasteiger partial charge in [-0.25, -0.2) is 9.11 Å². The molecule has 1 N–H and O–H groups in total. The van der Waals surface area contributed by atoms with Crippen LogP contribution in [0.25, 0.3) is 0 Å². The third-order valence-electron chi connectivity index (χ3n) is 6.95. The van der Waals surface area contributed by atoms with E-state index in [0.29, 0.717) is 43.2 Å². The predicted octanol–water partition coefficient (Wildman–Crippen LogP) is 4.08. The number of halogens is 1. The third-order valence-corrected chi connectivity index (χ3v) is 8.44. The Morgan fingerprint density at radius 3 is 2.40 bits per heavy atom. The Bertz CT molecular complexity index is 908. The van der Waals surface area contributed by atoms with Crippen molar-refractivity contribution in [3.05, 3.63) is 29.1 Å². The molecule has 0 spiro atoms. The molecule has 2 unspecified atom stereocenters. The highest BCUT2D eigenvalue weighted by atomic mass is 32.2. The van der Waals surface area contributed by atoms with Gasteiger partial charge in [-0.2, -0.15) is 12.7 Å². The number of carbonyl (C=O) groups is 1. The molecule has 0 radical (unpaired) electrons. The smallest absolute Gasteiger partial charge is 0.304 e. The fourth-order valence-corrected chi connectivity index (χ4v) is 5.83. The second-order valence-corrected chi connectivity index (χ2v) is 10.9. The lowest BCUT2D eigenvalue weighted by Crippen LogP contribution is -2.49. The first-order chi connectivity index (χ1) is 14.3. The van der Waals surface area contributed by atoms with Crippen molar-refractivity contribution in [3.8, 4) is 5.75 Å². The average molecular weight is 441 g/mol. The Labute approximate surface area is 179 Å². The molecule has 1 heterocycles. The van der Waals surface area contributed by atoms with E-state index in [4.69, 9.17) is 4.74 Å². The largest absolute Gasteiger partial charge is 0.493 e. The van der Waals surface area contributed by atoms with Crippen LogP contribution in [0.4, 0.5) is 4.39 Å². The summed E-state index contributed by atoms with van der Waals surface area (Å²) in [5.41, 5.74) is 0.562. The fourth-order valence-electron chi connectivity index (χ4n) is 4.61. The molecular weight excluding hydrogens is 407 g/mol. The predicted molar refractivity (Wildman–Crippen MR) is 114 cm³/mol. The van der Waals surface area contributed by atoms with Crippen molar-refractivity contribution >= 4 is 16.1 Å². The minimum atomic E-state index is -3.92. The summed E-state index contributed by atoms with van der Waals surface area (Å²) >= 11 is 0. The standard InChI is InChI=1S/C22H31FN2O4S.H2/c1-14-5-3-6-15(2)19(14)13-29-21-12-20(23)18(11-17(21)16-7-8-16)22(26)24-30(27,28)25-9-4-10-25;/h11-12,14-16,19H,3-10,13H2,1-2H3,(H,24,26);1H. The summed E-state index contributed by atoms with van der Waals surface area (Å²) in [7, 11) is -3.92. The molecule has 4 rings (SSSR count). The summed E-state index contributed by atoms with van der Waals surface area (Å²) < 4.78 is 48.5. The SMILES string of the molecule is CC1CCCC(C)C1COc1cc(F)c(C(=O)NS(=O)(=O)N2CCC2)cc1C1CC1.[HH]. The van der Waals surface area contributed by atoms with Gasteiger partial charge in [-0.3, -0.25) is 4.79 Å². The Balaban J connectivity index is 0.00000272. The number of nitrogens with one attached hydrogen (secondary N) is 1. The molecule has 2 saturated carbocycles. The maximum atomic E-state index is 14.8. The summed E-state index contributed by atoms with van der Waals surface area (Å²) in [6.45, 7) is 5.79. The van der Waals surface area contributed by atoms with Crippen molar-refractivity contribution < 1.29 is 23.8 Å². The molecule has 30 heavy (non-hydrogen) atoms. The lowest BCUT2D eigenvalue weighted by atomic mass is 9.74. The van der Waals surface area contributed by atoms with E-state index < -0.39 is 21.9 Å². The number of rotatable bonds is 7. The highest BCUT2D eigenvalue weighted by Crippen LogP contribution is 2.45. The topological polar surface area (TPSA) is 75.7 Å². The Kier molecular flexibility index (Phi) is 6.08. The van der Waals surface area contributed by atoms with Crippen LogP contribution in [0, 0.1) is 23.6 Å². The first-order valence-corrected chi connectivity index (χ1v) is 12.5. The molecule has 1 aromatic carbocycles. The molecular formula is C22H33FN2O4S. The highest BCUT2D eigenvalue weighted by molar-refractivity contribution is 7.87. The first-order valence-electron chi connectivity index (χ1n) is 11.0. The van der Waals surface area contributed by atoms with Gasteiger partial charge in [-0.15, -0.1) is 0 Å². The van der Waals surface area contributed by atoms with Crippen LogP contribution in [0.5, 0.6) is 5.75 Å². The van der Waals surface area contributed by atoms with Gasteiger partial charge in [0.1, 0.15) is 11.6 Å². The van der Waals surface area contributed by atoms with Crippen molar-refractivity contribution in [1.82, 2.24) is 9.03 Å². The minimum Gasteiger partial charge on any atom is -0.493 e. The monoisotopic (exact) mass is 440 g/mol. The maximum absolute atomic E-state index is 14.8. The molecule has 1 aromatic rings. The summed E-state index contributed by atoms with van der Waals surface area (Å²) in [6, 6.07) is 2.74. The Morgan fingerprint density at radius 1 is 1.17 bits per heavy atom. The van der Waals surface area contributed by atoms with Crippen molar-refractivity contribution in [2.45, 2.75) is 58.3 Å². The Morgan fingerprint density at radius 2 is 1.83 bits per heavy atom. The quantitative estimate of drug-likeness (QED) is 0.693. The lowest BCUT2D eigenvalue weighted by molar-refractivity contribution is 0.0973. The zero-order valence-corrected chi connectivity index (χ0v) is 18.5. The van der Waals surface area contributed by atoms with E-state index >= 15 is 0 Å². The summed E-state index contributed by atoms with van der Waals surface area (Å²) in [6.07, 6.45) is 6.31. The van der Waals surface area contributed by atoms with Gasteiger partial charge in [-0.1, -0.05) is 33.1 Å². The highest BCUT2D eigenvalue weighted by Gasteiger charge is 2.34. The van der Waals surface area contributed by atoms with Crippen molar-refractivity contribution in [3.63, 3.8) is 0 Å². The Hall–Kier alpha value is -1.67. The van der Waals surface area contributed by atoms with E-state index in [-0.39, 0.29) is 12.9 Å². The molecule has 2 aliphatic carbocycles. The normalized spacial score (nSPS) is 27.4. The number of hydrogen-bond donors (Lipinski definition) is 1. The van der Waals surface area contributed by atoms with Crippen molar-refractivity contribution in [1.29, 1.82) is 0 Å². The van der Waals surface area contributed by atoms with E-state index in [1.807, 2.05) is 4.72 Å². The molecule has 8 heteroatoms. The third kappa shape index (κ3) is 4.49. The second kappa shape index (κ2) is 8.46. The molecule has 1 amide bonds. The molecule has 1 aliphatic heterocycles. The van der Waals surface area contributed by atoms with Crippen molar-refractivity contribution in [2.24, 2.45) is 17.8 Å². The first kappa shape index (κ1) is 21.6. The van der Waals surface area contributed by atoms with E-state index in [9.17, 15) is 17.6 Å². The van der Waals surface area contributed by atoms with Gasteiger partial charge in [-0.05, 0) is 54.6 Å². The van der Waals surface area contributed by atoms with Crippen LogP contribution in [0.1, 0.15) is 75.6 Å². The number of carbonyl (C=O) groups excluding carboxylic acids is 1. The maximum Gasteiger partial charge on any atom is 0.304 e. The van der Waals surface area contributed by atoms with Crippen LogP contribution < -0.4 is 9.46 Å². The summed E-state index contributed by atoms with van der Waals surface area (Å²) in [4.78, 5) is 12.5. The van der Waals surface area contributed by atoms with Gasteiger partial charge in [0.25, 0.3) is 5.91 Å². The molecule has 0 aromatic heterocycles. The number of ether oxygens (including phenoxy) is 1. The van der Waals surface area contributed by atoms with E-state index in [1.54, 1.807) is 0 Å². The molecule has 2 atom stereocenters. The number of amides is 1. The van der Waals surface area contributed by atoms with Gasteiger partial charge in [0.15, 0.2) is 0 Å². The lowest BCUT2D eigenvalue weighted by Gasteiger charge is -2.34. The van der Waals surface area contributed by atoms with Crippen LogP contribution >= 0.6 is 0 Å². The molecule has 3 fully saturated rings. The van der Waals surface area contributed by atoms with E-state index in [0.717, 1.165) is 24.8 Å². The van der Waals surface area contributed by atoms with Crippen LogP contribution in [0.15, 0.2) is 12.1 Å².